The highest BCUT2D eigenvalue weighted by Crippen LogP contribution is 2.21. The van der Waals surface area contributed by atoms with E-state index in [2.05, 4.69) is 10.3 Å². The number of benzene rings is 2. The zero-order chi connectivity index (χ0) is 13.9. The van der Waals surface area contributed by atoms with Crippen molar-refractivity contribution in [3.63, 3.8) is 0 Å². The summed E-state index contributed by atoms with van der Waals surface area (Å²) in [4.78, 5) is 4.32. The molecule has 0 bridgehead atoms. The van der Waals surface area contributed by atoms with Crippen LogP contribution in [-0.4, -0.2) is 4.98 Å². The summed E-state index contributed by atoms with van der Waals surface area (Å²) in [6, 6.07) is 14.3. The van der Waals surface area contributed by atoms with Gasteiger partial charge in [0, 0.05) is 28.8 Å². The summed E-state index contributed by atoms with van der Waals surface area (Å²) in [5, 5.41) is 4.65. The molecule has 0 aliphatic rings. The Morgan fingerprint density at radius 3 is 2.80 bits per heavy atom. The lowest BCUT2D eigenvalue weighted by molar-refractivity contribution is 0.628. The lowest BCUT2D eigenvalue weighted by Gasteiger charge is -2.09. The Kier molecular flexibility index (Phi) is 3.52. The van der Waals surface area contributed by atoms with Crippen molar-refractivity contribution in [2.45, 2.75) is 6.54 Å². The highest BCUT2D eigenvalue weighted by atomic mass is 35.5. The summed E-state index contributed by atoms with van der Waals surface area (Å²) < 4.78 is 13.3. The highest BCUT2D eigenvalue weighted by molar-refractivity contribution is 6.30. The number of halogens is 2. The minimum atomic E-state index is -0.348. The van der Waals surface area contributed by atoms with Crippen LogP contribution in [0.3, 0.4) is 0 Å². The molecule has 20 heavy (non-hydrogen) atoms. The summed E-state index contributed by atoms with van der Waals surface area (Å²) in [5.74, 6) is -0.348. The quantitative estimate of drug-likeness (QED) is 0.759. The molecule has 0 unspecified atom stereocenters. The van der Waals surface area contributed by atoms with Gasteiger partial charge in [0.1, 0.15) is 5.82 Å². The molecule has 0 fully saturated rings. The van der Waals surface area contributed by atoms with Gasteiger partial charge in [0.25, 0.3) is 0 Å². The number of para-hydroxylation sites is 1. The third-order valence-corrected chi connectivity index (χ3v) is 3.30. The molecule has 3 rings (SSSR count). The Balaban J connectivity index is 1.87. The lowest BCUT2D eigenvalue weighted by Crippen LogP contribution is -2.01. The molecule has 0 aliphatic heterocycles. The zero-order valence-electron chi connectivity index (χ0n) is 10.6. The number of hydrogen-bond donors (Lipinski definition) is 1. The van der Waals surface area contributed by atoms with E-state index in [0.29, 0.717) is 17.3 Å². The van der Waals surface area contributed by atoms with Crippen LogP contribution in [0.5, 0.6) is 0 Å². The maximum atomic E-state index is 13.3. The molecule has 0 saturated carbocycles. The van der Waals surface area contributed by atoms with Crippen LogP contribution in [0, 0.1) is 5.82 Å². The van der Waals surface area contributed by atoms with Gasteiger partial charge in [-0.05, 0) is 35.9 Å². The molecule has 1 N–H and O–H groups in total. The summed E-state index contributed by atoms with van der Waals surface area (Å²) in [6.45, 7) is 0.586. The Bertz CT molecular complexity index is 733. The predicted octanol–water partition coefficient (Wildman–Crippen LogP) is 4.64. The van der Waals surface area contributed by atoms with Crippen molar-refractivity contribution >= 4 is 28.2 Å². The SMILES string of the molecule is Fc1cc(Cl)cc(NCc2ccnc3ccccc23)c1. The molecule has 0 aliphatic carbocycles. The number of anilines is 1. The molecular formula is C16H12ClFN2. The first-order valence-electron chi connectivity index (χ1n) is 6.25. The van der Waals surface area contributed by atoms with E-state index in [9.17, 15) is 4.39 Å². The van der Waals surface area contributed by atoms with Gasteiger partial charge in [-0.1, -0.05) is 29.8 Å². The fourth-order valence-electron chi connectivity index (χ4n) is 2.16. The van der Waals surface area contributed by atoms with E-state index >= 15 is 0 Å². The fraction of sp³-hybridized carbons (Fsp3) is 0.0625. The monoisotopic (exact) mass is 286 g/mol. The van der Waals surface area contributed by atoms with Crippen molar-refractivity contribution < 1.29 is 4.39 Å². The molecule has 2 nitrogen and oxygen atoms in total. The Morgan fingerprint density at radius 1 is 1.10 bits per heavy atom. The number of fused-ring (bicyclic) bond motifs is 1. The van der Waals surface area contributed by atoms with E-state index in [-0.39, 0.29) is 5.82 Å². The van der Waals surface area contributed by atoms with Gasteiger partial charge < -0.3 is 5.32 Å². The smallest absolute Gasteiger partial charge is 0.126 e. The number of nitrogens with one attached hydrogen (secondary N) is 1. The average molecular weight is 287 g/mol. The van der Waals surface area contributed by atoms with Crippen LogP contribution in [0.1, 0.15) is 5.56 Å². The van der Waals surface area contributed by atoms with Crippen molar-refractivity contribution in [2.75, 3.05) is 5.32 Å². The van der Waals surface area contributed by atoms with Crippen molar-refractivity contribution in [2.24, 2.45) is 0 Å². The number of hydrogen-bond acceptors (Lipinski definition) is 2. The summed E-state index contributed by atoms with van der Waals surface area (Å²) in [5.41, 5.74) is 2.72. The number of pyridine rings is 1. The van der Waals surface area contributed by atoms with Crippen LogP contribution in [-0.2, 0) is 6.54 Å². The van der Waals surface area contributed by atoms with Gasteiger partial charge in [0.2, 0.25) is 0 Å². The molecule has 1 heterocycles. The fourth-order valence-corrected chi connectivity index (χ4v) is 2.38. The van der Waals surface area contributed by atoms with E-state index in [1.54, 1.807) is 12.3 Å². The van der Waals surface area contributed by atoms with Gasteiger partial charge in [-0.25, -0.2) is 4.39 Å². The molecule has 0 atom stereocenters. The second-order valence-corrected chi connectivity index (χ2v) is 4.94. The summed E-state index contributed by atoms with van der Waals surface area (Å²) in [7, 11) is 0. The Labute approximate surface area is 121 Å². The molecule has 0 saturated heterocycles. The first kappa shape index (κ1) is 12.9. The van der Waals surface area contributed by atoms with Crippen molar-refractivity contribution in [1.29, 1.82) is 0 Å². The van der Waals surface area contributed by atoms with E-state index in [4.69, 9.17) is 11.6 Å². The molecule has 0 spiro atoms. The van der Waals surface area contributed by atoms with E-state index in [1.165, 1.54) is 12.1 Å². The Morgan fingerprint density at radius 2 is 1.95 bits per heavy atom. The topological polar surface area (TPSA) is 24.9 Å². The Hall–Kier alpha value is -2.13. The molecule has 1 aromatic heterocycles. The van der Waals surface area contributed by atoms with Crippen LogP contribution < -0.4 is 5.32 Å². The first-order valence-corrected chi connectivity index (χ1v) is 6.63. The van der Waals surface area contributed by atoms with E-state index < -0.39 is 0 Å². The van der Waals surface area contributed by atoms with Crippen LogP contribution in [0.4, 0.5) is 10.1 Å². The van der Waals surface area contributed by atoms with Crippen LogP contribution in [0.15, 0.2) is 54.7 Å². The molecule has 100 valence electrons. The van der Waals surface area contributed by atoms with Crippen LogP contribution >= 0.6 is 11.6 Å². The second-order valence-electron chi connectivity index (χ2n) is 4.50. The third-order valence-electron chi connectivity index (χ3n) is 3.08. The van der Waals surface area contributed by atoms with Gasteiger partial charge >= 0.3 is 0 Å². The summed E-state index contributed by atoms with van der Waals surface area (Å²) >= 11 is 5.84. The van der Waals surface area contributed by atoms with E-state index in [1.807, 2.05) is 30.3 Å². The van der Waals surface area contributed by atoms with Crippen molar-refractivity contribution in [3.8, 4) is 0 Å². The number of rotatable bonds is 3. The first-order chi connectivity index (χ1) is 9.72. The minimum absolute atomic E-state index is 0.348. The number of aromatic nitrogens is 1. The maximum absolute atomic E-state index is 13.3. The van der Waals surface area contributed by atoms with Crippen molar-refractivity contribution in [1.82, 2.24) is 4.98 Å². The lowest BCUT2D eigenvalue weighted by atomic mass is 10.1. The largest absolute Gasteiger partial charge is 0.381 e. The van der Waals surface area contributed by atoms with Gasteiger partial charge in [-0.15, -0.1) is 0 Å². The molecule has 3 aromatic rings. The molecular weight excluding hydrogens is 275 g/mol. The minimum Gasteiger partial charge on any atom is -0.381 e. The second kappa shape index (κ2) is 5.47. The average Bonchev–Trinajstić information content (AvgIpc) is 2.44. The zero-order valence-corrected chi connectivity index (χ0v) is 11.4. The van der Waals surface area contributed by atoms with E-state index in [0.717, 1.165) is 16.5 Å². The number of nitrogens with zero attached hydrogens (tertiary/aromatic N) is 1. The van der Waals surface area contributed by atoms with Crippen LogP contribution in [0.2, 0.25) is 5.02 Å². The molecule has 0 radical (unpaired) electrons. The van der Waals surface area contributed by atoms with Gasteiger partial charge in [-0.3, -0.25) is 4.98 Å². The van der Waals surface area contributed by atoms with Crippen LogP contribution in [0.25, 0.3) is 10.9 Å². The van der Waals surface area contributed by atoms with Gasteiger partial charge in [0.05, 0.1) is 5.52 Å². The van der Waals surface area contributed by atoms with Crippen molar-refractivity contribution in [3.05, 3.63) is 71.1 Å². The third kappa shape index (κ3) is 2.73. The molecule has 0 amide bonds. The highest BCUT2D eigenvalue weighted by Gasteiger charge is 2.03. The predicted molar refractivity (Wildman–Crippen MR) is 80.5 cm³/mol. The van der Waals surface area contributed by atoms with Gasteiger partial charge in [0.15, 0.2) is 0 Å². The molecule has 2 aromatic carbocycles. The standard InChI is InChI=1S/C16H12ClFN2/c17-12-7-13(18)9-14(8-12)20-10-11-5-6-19-16-4-2-1-3-15(11)16/h1-9,20H,10H2. The maximum Gasteiger partial charge on any atom is 0.126 e. The normalized spacial score (nSPS) is 10.7. The summed E-state index contributed by atoms with van der Waals surface area (Å²) in [6.07, 6.45) is 1.78. The van der Waals surface area contributed by atoms with Gasteiger partial charge in [-0.2, -0.15) is 0 Å². The molecule has 4 heteroatoms.